The molecule has 0 aliphatic heterocycles. The molecular weight excluding hydrogens is 188 g/mol. The van der Waals surface area contributed by atoms with Crippen LogP contribution in [0.1, 0.15) is 11.7 Å². The van der Waals surface area contributed by atoms with Gasteiger partial charge in [-0.3, -0.25) is 10.1 Å². The van der Waals surface area contributed by atoms with Crippen molar-refractivity contribution in [3.63, 3.8) is 0 Å². The second kappa shape index (κ2) is 4.03. The van der Waals surface area contributed by atoms with Gasteiger partial charge < -0.3 is 15.9 Å². The number of nitrogens with zero attached hydrogens (tertiary/aromatic N) is 1. The van der Waals surface area contributed by atoms with Crippen LogP contribution in [0.3, 0.4) is 0 Å². The SMILES string of the molecule is NCC(O)c1cc([N+](=O)[O-])ccc1O. The minimum Gasteiger partial charge on any atom is -0.508 e. The van der Waals surface area contributed by atoms with Gasteiger partial charge >= 0.3 is 0 Å². The van der Waals surface area contributed by atoms with Crippen LogP contribution in [0.15, 0.2) is 18.2 Å². The van der Waals surface area contributed by atoms with Gasteiger partial charge in [0, 0.05) is 24.2 Å². The summed E-state index contributed by atoms with van der Waals surface area (Å²) in [6, 6.07) is 3.42. The molecule has 1 aromatic rings. The van der Waals surface area contributed by atoms with Crippen LogP contribution in [0.2, 0.25) is 0 Å². The summed E-state index contributed by atoms with van der Waals surface area (Å²) < 4.78 is 0. The van der Waals surface area contributed by atoms with E-state index in [0.717, 1.165) is 18.2 Å². The van der Waals surface area contributed by atoms with Crippen LogP contribution >= 0.6 is 0 Å². The number of aromatic hydroxyl groups is 1. The number of phenols is 1. The van der Waals surface area contributed by atoms with Crippen molar-refractivity contribution in [1.29, 1.82) is 0 Å². The third-order valence-corrected chi connectivity index (χ3v) is 1.80. The molecule has 0 aliphatic carbocycles. The van der Waals surface area contributed by atoms with Gasteiger partial charge in [-0.15, -0.1) is 0 Å². The molecule has 1 rings (SSSR count). The minimum absolute atomic E-state index is 0.0710. The second-order valence-electron chi connectivity index (χ2n) is 2.75. The minimum atomic E-state index is -1.09. The summed E-state index contributed by atoms with van der Waals surface area (Å²) in [4.78, 5) is 9.78. The molecule has 0 bridgehead atoms. The van der Waals surface area contributed by atoms with Crippen LogP contribution in [-0.2, 0) is 0 Å². The molecule has 76 valence electrons. The Labute approximate surface area is 79.7 Å². The number of rotatable bonds is 3. The van der Waals surface area contributed by atoms with E-state index in [9.17, 15) is 20.3 Å². The molecule has 6 nitrogen and oxygen atoms in total. The van der Waals surface area contributed by atoms with E-state index in [2.05, 4.69) is 0 Å². The highest BCUT2D eigenvalue weighted by Crippen LogP contribution is 2.27. The quantitative estimate of drug-likeness (QED) is 0.477. The lowest BCUT2D eigenvalue weighted by atomic mass is 10.1. The lowest BCUT2D eigenvalue weighted by molar-refractivity contribution is -0.385. The maximum atomic E-state index is 10.4. The molecule has 4 N–H and O–H groups in total. The summed E-state index contributed by atoms with van der Waals surface area (Å²) in [6.45, 7) is -0.102. The zero-order valence-electron chi connectivity index (χ0n) is 7.25. The highest BCUT2D eigenvalue weighted by molar-refractivity contribution is 5.44. The van der Waals surface area contributed by atoms with E-state index in [4.69, 9.17) is 5.73 Å². The molecule has 0 radical (unpaired) electrons. The largest absolute Gasteiger partial charge is 0.508 e. The van der Waals surface area contributed by atoms with Gasteiger partial charge in [-0.2, -0.15) is 0 Å². The van der Waals surface area contributed by atoms with E-state index in [1.54, 1.807) is 0 Å². The Morgan fingerprint density at radius 1 is 1.57 bits per heavy atom. The number of phenolic OH excluding ortho intramolecular Hbond substituents is 1. The predicted octanol–water partition coefficient (Wildman–Crippen LogP) is 0.292. The highest BCUT2D eigenvalue weighted by atomic mass is 16.6. The zero-order valence-corrected chi connectivity index (χ0v) is 7.25. The summed E-state index contributed by atoms with van der Waals surface area (Å²) in [5.74, 6) is -0.200. The summed E-state index contributed by atoms with van der Waals surface area (Å²) in [7, 11) is 0. The summed E-state index contributed by atoms with van der Waals surface area (Å²) >= 11 is 0. The van der Waals surface area contributed by atoms with Gasteiger partial charge in [0.2, 0.25) is 0 Å². The monoisotopic (exact) mass is 198 g/mol. The Kier molecular flexibility index (Phi) is 3.00. The number of non-ortho nitro benzene ring substituents is 1. The van der Waals surface area contributed by atoms with Crippen LogP contribution in [0.4, 0.5) is 5.69 Å². The Morgan fingerprint density at radius 2 is 2.21 bits per heavy atom. The van der Waals surface area contributed by atoms with E-state index in [0.29, 0.717) is 0 Å². The number of benzene rings is 1. The first-order chi connectivity index (χ1) is 6.56. The molecule has 1 unspecified atom stereocenters. The van der Waals surface area contributed by atoms with Crippen molar-refractivity contribution < 1.29 is 15.1 Å². The smallest absolute Gasteiger partial charge is 0.270 e. The lowest BCUT2D eigenvalue weighted by Crippen LogP contribution is -2.11. The fourth-order valence-electron chi connectivity index (χ4n) is 1.05. The van der Waals surface area contributed by atoms with Crippen molar-refractivity contribution in [1.82, 2.24) is 0 Å². The van der Waals surface area contributed by atoms with Gasteiger partial charge in [0.05, 0.1) is 11.0 Å². The molecule has 0 amide bonds. The normalized spacial score (nSPS) is 12.4. The predicted molar refractivity (Wildman–Crippen MR) is 48.8 cm³/mol. The van der Waals surface area contributed by atoms with Gasteiger partial charge in [0.15, 0.2) is 0 Å². The first-order valence-electron chi connectivity index (χ1n) is 3.91. The average Bonchev–Trinajstić information content (AvgIpc) is 2.17. The number of hydrogen-bond donors (Lipinski definition) is 3. The molecule has 0 saturated carbocycles. The number of nitrogens with two attached hydrogens (primary N) is 1. The molecule has 0 aliphatic rings. The van der Waals surface area contributed by atoms with Crippen molar-refractivity contribution in [2.75, 3.05) is 6.54 Å². The Hall–Kier alpha value is -1.66. The summed E-state index contributed by atoms with van der Waals surface area (Å²) in [6.07, 6.45) is -1.09. The van der Waals surface area contributed by atoms with Crippen molar-refractivity contribution in [3.8, 4) is 5.75 Å². The molecule has 0 aromatic heterocycles. The second-order valence-corrected chi connectivity index (χ2v) is 2.75. The Balaban J connectivity index is 3.14. The van der Waals surface area contributed by atoms with Crippen molar-refractivity contribution in [3.05, 3.63) is 33.9 Å². The molecule has 0 saturated heterocycles. The first-order valence-corrected chi connectivity index (χ1v) is 3.91. The van der Waals surface area contributed by atoms with Gasteiger partial charge in [-0.25, -0.2) is 0 Å². The van der Waals surface area contributed by atoms with Crippen LogP contribution in [0.5, 0.6) is 5.75 Å². The first kappa shape index (κ1) is 10.4. The molecule has 0 spiro atoms. The number of nitro groups is 1. The fraction of sp³-hybridized carbons (Fsp3) is 0.250. The average molecular weight is 198 g/mol. The summed E-state index contributed by atoms with van der Waals surface area (Å²) in [5, 5.41) is 29.0. The van der Waals surface area contributed by atoms with E-state index < -0.39 is 11.0 Å². The maximum Gasteiger partial charge on any atom is 0.270 e. The number of nitro benzene ring substituents is 1. The fourth-order valence-corrected chi connectivity index (χ4v) is 1.05. The van der Waals surface area contributed by atoms with Crippen LogP contribution in [0, 0.1) is 10.1 Å². The topological polar surface area (TPSA) is 110 Å². The number of aliphatic hydroxyl groups excluding tert-OH is 1. The maximum absolute atomic E-state index is 10.4. The van der Waals surface area contributed by atoms with Crippen molar-refractivity contribution in [2.45, 2.75) is 6.10 Å². The zero-order chi connectivity index (χ0) is 10.7. The third kappa shape index (κ3) is 1.98. The van der Waals surface area contributed by atoms with Crippen LogP contribution in [0.25, 0.3) is 0 Å². The molecule has 1 aromatic carbocycles. The van der Waals surface area contributed by atoms with Gasteiger partial charge in [0.25, 0.3) is 5.69 Å². The summed E-state index contributed by atoms with van der Waals surface area (Å²) in [5.41, 5.74) is 5.05. The number of hydrogen-bond acceptors (Lipinski definition) is 5. The molecule has 6 heteroatoms. The van der Waals surface area contributed by atoms with E-state index >= 15 is 0 Å². The van der Waals surface area contributed by atoms with Gasteiger partial charge in [0.1, 0.15) is 5.75 Å². The van der Waals surface area contributed by atoms with E-state index in [-0.39, 0.29) is 23.5 Å². The molecule has 0 fully saturated rings. The molecule has 14 heavy (non-hydrogen) atoms. The number of aliphatic hydroxyl groups is 1. The molecule has 1 atom stereocenters. The van der Waals surface area contributed by atoms with Crippen molar-refractivity contribution >= 4 is 5.69 Å². The van der Waals surface area contributed by atoms with Crippen LogP contribution in [-0.4, -0.2) is 21.7 Å². The standard InChI is InChI=1S/C8H10N2O4/c9-4-8(12)6-3-5(10(13)14)1-2-7(6)11/h1-3,8,11-12H,4,9H2. The Bertz CT molecular complexity index is 353. The highest BCUT2D eigenvalue weighted by Gasteiger charge is 2.15. The van der Waals surface area contributed by atoms with Gasteiger partial charge in [-0.1, -0.05) is 0 Å². The molecule has 0 heterocycles. The van der Waals surface area contributed by atoms with E-state index in [1.165, 1.54) is 0 Å². The van der Waals surface area contributed by atoms with E-state index in [1.807, 2.05) is 0 Å². The van der Waals surface area contributed by atoms with Crippen LogP contribution < -0.4 is 5.73 Å². The molecular formula is C8H10N2O4. The van der Waals surface area contributed by atoms with Crippen molar-refractivity contribution in [2.24, 2.45) is 5.73 Å². The third-order valence-electron chi connectivity index (χ3n) is 1.80. The Morgan fingerprint density at radius 3 is 2.71 bits per heavy atom. The van der Waals surface area contributed by atoms with Gasteiger partial charge in [-0.05, 0) is 6.07 Å². The lowest BCUT2D eigenvalue weighted by Gasteiger charge is -2.09.